The zero-order valence-electron chi connectivity index (χ0n) is 12.2. The second-order valence-corrected chi connectivity index (χ2v) is 4.77. The number of hydrogen-bond acceptors (Lipinski definition) is 3. The van der Waals surface area contributed by atoms with Crippen LogP contribution in [0.1, 0.15) is 12.0 Å². The summed E-state index contributed by atoms with van der Waals surface area (Å²) in [4.78, 5) is 23.0. The van der Waals surface area contributed by atoms with Crippen molar-refractivity contribution in [2.75, 3.05) is 12.4 Å². The molecule has 1 aromatic heterocycles. The Labute approximate surface area is 127 Å². The van der Waals surface area contributed by atoms with E-state index in [-0.39, 0.29) is 30.6 Å². The first-order chi connectivity index (χ1) is 10.6. The van der Waals surface area contributed by atoms with Crippen molar-refractivity contribution in [2.45, 2.75) is 19.4 Å². The lowest BCUT2D eigenvalue weighted by molar-refractivity contribution is -0.121. The number of aromatic nitrogens is 2. The summed E-state index contributed by atoms with van der Waals surface area (Å²) in [6.45, 7) is 0.0992. The number of aryl methyl sites for hydroxylation is 1. The molecule has 0 aliphatic rings. The van der Waals surface area contributed by atoms with Crippen LogP contribution in [0, 0.1) is 5.82 Å². The standard InChI is InChI=1S/C15H17FN4O2/c1-17-15(22)10-20-9-13(8-18-20)19-14(21)7-4-11-2-5-12(16)6-3-11/h2-3,5-6,8-9H,4,7,10H2,1H3,(H,17,22)(H,19,21). The fraction of sp³-hybridized carbons (Fsp3) is 0.267. The first-order valence-corrected chi connectivity index (χ1v) is 6.84. The maximum absolute atomic E-state index is 12.8. The third-order valence-electron chi connectivity index (χ3n) is 3.06. The Morgan fingerprint density at radius 2 is 1.95 bits per heavy atom. The largest absolute Gasteiger partial charge is 0.358 e. The van der Waals surface area contributed by atoms with Gasteiger partial charge in [-0.2, -0.15) is 5.10 Å². The van der Waals surface area contributed by atoms with Crippen LogP contribution in [0.3, 0.4) is 0 Å². The Bertz CT molecular complexity index is 652. The lowest BCUT2D eigenvalue weighted by atomic mass is 10.1. The maximum atomic E-state index is 12.8. The zero-order chi connectivity index (χ0) is 15.9. The van der Waals surface area contributed by atoms with Gasteiger partial charge in [-0.3, -0.25) is 14.3 Å². The summed E-state index contributed by atoms with van der Waals surface area (Å²) in [5.74, 6) is -0.627. The van der Waals surface area contributed by atoms with Crippen LogP contribution in [-0.4, -0.2) is 28.6 Å². The van der Waals surface area contributed by atoms with Crippen molar-refractivity contribution in [3.05, 3.63) is 48.0 Å². The predicted molar refractivity (Wildman–Crippen MR) is 79.6 cm³/mol. The summed E-state index contributed by atoms with van der Waals surface area (Å²) < 4.78 is 14.2. The number of nitrogens with zero attached hydrogens (tertiary/aromatic N) is 2. The van der Waals surface area contributed by atoms with Crippen molar-refractivity contribution in [3.63, 3.8) is 0 Å². The predicted octanol–water partition coefficient (Wildman–Crippen LogP) is 1.34. The molecule has 0 aliphatic heterocycles. The molecule has 6 nitrogen and oxygen atoms in total. The summed E-state index contributed by atoms with van der Waals surface area (Å²) in [5, 5.41) is 9.18. The Hall–Kier alpha value is -2.70. The van der Waals surface area contributed by atoms with E-state index in [1.165, 1.54) is 23.0 Å². The number of benzene rings is 1. The van der Waals surface area contributed by atoms with E-state index in [9.17, 15) is 14.0 Å². The number of hydrogen-bond donors (Lipinski definition) is 2. The molecule has 0 saturated heterocycles. The fourth-order valence-electron chi connectivity index (χ4n) is 1.87. The SMILES string of the molecule is CNC(=O)Cn1cc(NC(=O)CCc2ccc(F)cc2)cn1. The number of anilines is 1. The Morgan fingerprint density at radius 1 is 1.23 bits per heavy atom. The number of halogens is 1. The quantitative estimate of drug-likeness (QED) is 0.845. The van der Waals surface area contributed by atoms with Crippen molar-refractivity contribution < 1.29 is 14.0 Å². The van der Waals surface area contributed by atoms with Crippen LogP contribution in [0.2, 0.25) is 0 Å². The average molecular weight is 304 g/mol. The topological polar surface area (TPSA) is 76.0 Å². The fourth-order valence-corrected chi connectivity index (χ4v) is 1.87. The Kier molecular flexibility index (Phi) is 5.24. The van der Waals surface area contributed by atoms with Gasteiger partial charge >= 0.3 is 0 Å². The number of nitrogens with one attached hydrogen (secondary N) is 2. The van der Waals surface area contributed by atoms with Crippen molar-refractivity contribution in [3.8, 4) is 0 Å². The monoisotopic (exact) mass is 304 g/mol. The molecule has 2 aromatic rings. The van der Waals surface area contributed by atoms with E-state index in [2.05, 4.69) is 15.7 Å². The molecule has 2 N–H and O–H groups in total. The molecule has 0 radical (unpaired) electrons. The van der Waals surface area contributed by atoms with E-state index in [1.54, 1.807) is 25.4 Å². The van der Waals surface area contributed by atoms with Crippen molar-refractivity contribution in [1.82, 2.24) is 15.1 Å². The highest BCUT2D eigenvalue weighted by Crippen LogP contribution is 2.08. The normalized spacial score (nSPS) is 10.3. The lowest BCUT2D eigenvalue weighted by Crippen LogP contribution is -2.23. The Morgan fingerprint density at radius 3 is 2.64 bits per heavy atom. The van der Waals surface area contributed by atoms with Gasteiger partial charge in [-0.15, -0.1) is 0 Å². The van der Waals surface area contributed by atoms with Gasteiger partial charge in [0.1, 0.15) is 12.4 Å². The Balaban J connectivity index is 1.81. The van der Waals surface area contributed by atoms with Crippen LogP contribution >= 0.6 is 0 Å². The smallest absolute Gasteiger partial charge is 0.241 e. The van der Waals surface area contributed by atoms with Crippen molar-refractivity contribution >= 4 is 17.5 Å². The van der Waals surface area contributed by atoms with Gasteiger partial charge in [-0.1, -0.05) is 12.1 Å². The van der Waals surface area contributed by atoms with Gasteiger partial charge in [-0.05, 0) is 24.1 Å². The average Bonchev–Trinajstić information content (AvgIpc) is 2.93. The minimum absolute atomic E-state index is 0.0992. The van der Waals surface area contributed by atoms with Crippen LogP contribution in [-0.2, 0) is 22.6 Å². The molecule has 0 aliphatic carbocycles. The molecule has 0 atom stereocenters. The summed E-state index contributed by atoms with van der Waals surface area (Å²) in [6, 6.07) is 6.06. The molecule has 0 saturated carbocycles. The molecule has 116 valence electrons. The highest BCUT2D eigenvalue weighted by molar-refractivity contribution is 5.90. The van der Waals surface area contributed by atoms with Crippen LogP contribution in [0.25, 0.3) is 0 Å². The molecule has 0 unspecified atom stereocenters. The van der Waals surface area contributed by atoms with Gasteiger partial charge in [0.25, 0.3) is 0 Å². The number of rotatable bonds is 6. The molecule has 1 heterocycles. The summed E-state index contributed by atoms with van der Waals surface area (Å²) >= 11 is 0. The summed E-state index contributed by atoms with van der Waals surface area (Å²) in [7, 11) is 1.55. The molecule has 0 spiro atoms. The van der Waals surface area contributed by atoms with E-state index < -0.39 is 0 Å². The number of amides is 2. The third-order valence-corrected chi connectivity index (χ3v) is 3.06. The van der Waals surface area contributed by atoms with Gasteiger partial charge < -0.3 is 10.6 Å². The summed E-state index contributed by atoms with van der Waals surface area (Å²) in [5.41, 5.74) is 1.43. The van der Waals surface area contributed by atoms with Crippen LogP contribution in [0.4, 0.5) is 10.1 Å². The van der Waals surface area contributed by atoms with Crippen LogP contribution in [0.5, 0.6) is 0 Å². The van der Waals surface area contributed by atoms with E-state index in [0.717, 1.165) is 5.56 Å². The van der Waals surface area contributed by atoms with Gasteiger partial charge in [0, 0.05) is 19.7 Å². The van der Waals surface area contributed by atoms with E-state index in [1.807, 2.05) is 0 Å². The molecule has 2 amide bonds. The molecule has 22 heavy (non-hydrogen) atoms. The molecule has 0 bridgehead atoms. The van der Waals surface area contributed by atoms with E-state index in [0.29, 0.717) is 12.1 Å². The number of carbonyl (C=O) groups is 2. The molecular formula is C15H17FN4O2. The van der Waals surface area contributed by atoms with Crippen molar-refractivity contribution in [1.29, 1.82) is 0 Å². The van der Waals surface area contributed by atoms with Crippen LogP contribution < -0.4 is 10.6 Å². The molecular weight excluding hydrogens is 287 g/mol. The highest BCUT2D eigenvalue weighted by atomic mass is 19.1. The summed E-state index contributed by atoms with van der Waals surface area (Å²) in [6.07, 6.45) is 3.88. The third kappa shape index (κ3) is 4.69. The highest BCUT2D eigenvalue weighted by Gasteiger charge is 2.07. The molecule has 0 fully saturated rings. The van der Waals surface area contributed by atoms with Gasteiger partial charge in [-0.25, -0.2) is 4.39 Å². The minimum atomic E-state index is -0.295. The van der Waals surface area contributed by atoms with Crippen LogP contribution in [0.15, 0.2) is 36.7 Å². The molecule has 7 heteroatoms. The van der Waals surface area contributed by atoms with E-state index >= 15 is 0 Å². The molecule has 2 rings (SSSR count). The minimum Gasteiger partial charge on any atom is -0.358 e. The van der Waals surface area contributed by atoms with Crippen molar-refractivity contribution in [2.24, 2.45) is 0 Å². The van der Waals surface area contributed by atoms with E-state index in [4.69, 9.17) is 0 Å². The second kappa shape index (κ2) is 7.35. The van der Waals surface area contributed by atoms with Gasteiger partial charge in [0.2, 0.25) is 11.8 Å². The number of carbonyl (C=O) groups excluding carboxylic acids is 2. The van der Waals surface area contributed by atoms with Gasteiger partial charge in [0.15, 0.2) is 0 Å². The lowest BCUT2D eigenvalue weighted by Gasteiger charge is -2.03. The molecule has 1 aromatic carbocycles. The first-order valence-electron chi connectivity index (χ1n) is 6.84. The maximum Gasteiger partial charge on any atom is 0.241 e. The van der Waals surface area contributed by atoms with Gasteiger partial charge in [0.05, 0.1) is 11.9 Å². The second-order valence-electron chi connectivity index (χ2n) is 4.77. The number of likely N-dealkylation sites (N-methyl/N-ethyl adjacent to an activating group) is 1. The zero-order valence-corrected chi connectivity index (χ0v) is 12.2. The first kappa shape index (κ1) is 15.7.